The van der Waals surface area contributed by atoms with Crippen molar-refractivity contribution < 1.29 is 24.1 Å². The van der Waals surface area contributed by atoms with Crippen LogP contribution in [0.1, 0.15) is 43.2 Å². The van der Waals surface area contributed by atoms with Crippen LogP contribution in [0.5, 0.6) is 17.2 Å². The molecule has 2 atom stereocenters. The van der Waals surface area contributed by atoms with Gasteiger partial charge >= 0.3 is 5.97 Å². The van der Waals surface area contributed by atoms with Gasteiger partial charge in [0.15, 0.2) is 11.5 Å². The van der Waals surface area contributed by atoms with Gasteiger partial charge in [-0.1, -0.05) is 25.5 Å². The van der Waals surface area contributed by atoms with Crippen LogP contribution in [-0.2, 0) is 16.0 Å². The highest BCUT2D eigenvalue weighted by molar-refractivity contribution is 5.74. The SMILES string of the molecule is CCCCOc1cc([C@H]2COC(=O)C(Cc3ccc(O)c(N)c3)C2)ccc1OC. The Balaban J connectivity index is 1.74. The third-order valence-electron chi connectivity index (χ3n) is 5.32. The van der Waals surface area contributed by atoms with E-state index in [1.165, 1.54) is 0 Å². The molecular formula is C23H29NO5. The zero-order valence-electron chi connectivity index (χ0n) is 17.0. The Labute approximate surface area is 171 Å². The highest BCUT2D eigenvalue weighted by Crippen LogP contribution is 2.36. The molecular weight excluding hydrogens is 370 g/mol. The van der Waals surface area contributed by atoms with Crippen LogP contribution in [-0.4, -0.2) is 31.4 Å². The molecule has 0 amide bonds. The summed E-state index contributed by atoms with van der Waals surface area (Å²) in [4.78, 5) is 12.3. The van der Waals surface area contributed by atoms with Gasteiger partial charge in [-0.15, -0.1) is 0 Å². The van der Waals surface area contributed by atoms with Crippen molar-refractivity contribution in [3.63, 3.8) is 0 Å². The molecule has 1 aliphatic heterocycles. The predicted molar refractivity (Wildman–Crippen MR) is 111 cm³/mol. The Morgan fingerprint density at radius 3 is 2.76 bits per heavy atom. The van der Waals surface area contributed by atoms with Crippen LogP contribution >= 0.6 is 0 Å². The normalized spacial score (nSPS) is 18.9. The number of carbonyl (C=O) groups is 1. The average molecular weight is 399 g/mol. The largest absolute Gasteiger partial charge is 0.506 e. The van der Waals surface area contributed by atoms with Gasteiger partial charge in [0.1, 0.15) is 5.75 Å². The Bertz CT molecular complexity index is 851. The number of anilines is 1. The van der Waals surface area contributed by atoms with Crippen LogP contribution in [0.25, 0.3) is 0 Å². The number of esters is 1. The fourth-order valence-corrected chi connectivity index (χ4v) is 3.61. The number of unbranched alkanes of at least 4 members (excludes halogenated alkanes) is 1. The van der Waals surface area contributed by atoms with E-state index in [4.69, 9.17) is 19.9 Å². The van der Waals surface area contributed by atoms with Crippen LogP contribution < -0.4 is 15.2 Å². The maximum absolute atomic E-state index is 12.3. The molecule has 1 heterocycles. The molecule has 2 aromatic carbocycles. The number of aromatic hydroxyl groups is 1. The number of methoxy groups -OCH3 is 1. The number of nitrogens with two attached hydrogens (primary N) is 1. The molecule has 2 aromatic rings. The third-order valence-corrected chi connectivity index (χ3v) is 5.32. The van der Waals surface area contributed by atoms with Gasteiger partial charge in [-0.25, -0.2) is 0 Å². The van der Waals surface area contributed by atoms with Gasteiger partial charge in [0.05, 0.1) is 31.9 Å². The highest BCUT2D eigenvalue weighted by Gasteiger charge is 2.32. The molecule has 0 bridgehead atoms. The number of carbonyl (C=O) groups excluding carboxylic acids is 1. The van der Waals surface area contributed by atoms with E-state index in [1.54, 1.807) is 25.3 Å². The second-order valence-electron chi connectivity index (χ2n) is 7.47. The van der Waals surface area contributed by atoms with Crippen molar-refractivity contribution in [1.82, 2.24) is 0 Å². The van der Waals surface area contributed by atoms with Crippen molar-refractivity contribution in [1.29, 1.82) is 0 Å². The van der Waals surface area contributed by atoms with Gasteiger partial charge in [0, 0.05) is 5.92 Å². The van der Waals surface area contributed by atoms with Gasteiger partial charge in [0.2, 0.25) is 0 Å². The van der Waals surface area contributed by atoms with Gasteiger partial charge in [-0.2, -0.15) is 0 Å². The summed E-state index contributed by atoms with van der Waals surface area (Å²) in [5.41, 5.74) is 8.07. The molecule has 156 valence electrons. The van der Waals surface area contributed by atoms with E-state index < -0.39 is 0 Å². The van der Waals surface area contributed by atoms with Gasteiger partial charge in [-0.3, -0.25) is 4.79 Å². The number of benzene rings is 2. The number of nitrogen functional groups attached to an aromatic ring is 1. The first-order valence-electron chi connectivity index (χ1n) is 10.1. The maximum Gasteiger partial charge on any atom is 0.309 e. The summed E-state index contributed by atoms with van der Waals surface area (Å²) in [5.74, 6) is 1.11. The quantitative estimate of drug-likeness (QED) is 0.301. The van der Waals surface area contributed by atoms with E-state index in [9.17, 15) is 9.90 Å². The third kappa shape index (κ3) is 5.13. The van der Waals surface area contributed by atoms with Crippen molar-refractivity contribution in [3.05, 3.63) is 47.5 Å². The molecule has 0 spiro atoms. The summed E-state index contributed by atoms with van der Waals surface area (Å²) in [6.07, 6.45) is 3.24. The van der Waals surface area contributed by atoms with Crippen LogP contribution in [0.3, 0.4) is 0 Å². The number of cyclic esters (lactones) is 1. The van der Waals surface area contributed by atoms with E-state index in [2.05, 4.69) is 6.92 Å². The van der Waals surface area contributed by atoms with Crippen molar-refractivity contribution in [2.24, 2.45) is 5.92 Å². The summed E-state index contributed by atoms with van der Waals surface area (Å²) in [7, 11) is 1.63. The lowest BCUT2D eigenvalue weighted by molar-refractivity contribution is -0.154. The molecule has 0 aliphatic carbocycles. The fraction of sp³-hybridized carbons (Fsp3) is 0.435. The van der Waals surface area contributed by atoms with Crippen molar-refractivity contribution in [3.8, 4) is 17.2 Å². The smallest absolute Gasteiger partial charge is 0.309 e. The number of phenolic OH excluding ortho intramolecular Hbond substituents is 1. The first kappa shape index (κ1) is 20.8. The van der Waals surface area contributed by atoms with E-state index >= 15 is 0 Å². The fourth-order valence-electron chi connectivity index (χ4n) is 3.61. The average Bonchev–Trinajstić information content (AvgIpc) is 2.72. The summed E-state index contributed by atoms with van der Waals surface area (Å²) in [6.45, 7) is 3.11. The molecule has 1 saturated heterocycles. The first-order chi connectivity index (χ1) is 14.0. The Morgan fingerprint density at radius 2 is 2.03 bits per heavy atom. The monoisotopic (exact) mass is 399 g/mol. The van der Waals surface area contributed by atoms with Gasteiger partial charge < -0.3 is 25.1 Å². The predicted octanol–water partition coefficient (Wildman–Crippen LogP) is 4.05. The summed E-state index contributed by atoms with van der Waals surface area (Å²) >= 11 is 0. The maximum atomic E-state index is 12.3. The second kappa shape index (κ2) is 9.54. The molecule has 0 radical (unpaired) electrons. The highest BCUT2D eigenvalue weighted by atomic mass is 16.5. The standard InChI is InChI=1S/C23H29NO5/c1-3-4-9-28-22-13-16(6-8-21(22)27-2)18-12-17(23(26)29-14-18)10-15-5-7-20(25)19(24)11-15/h5-8,11,13,17-18,25H,3-4,9-10,12,14,24H2,1-2H3/t17?,18-/m1/s1. The molecule has 29 heavy (non-hydrogen) atoms. The number of hydrogen-bond donors (Lipinski definition) is 2. The number of hydrogen-bond acceptors (Lipinski definition) is 6. The first-order valence-corrected chi connectivity index (χ1v) is 10.1. The molecule has 3 rings (SSSR count). The van der Waals surface area contributed by atoms with Crippen molar-refractivity contribution >= 4 is 11.7 Å². The minimum Gasteiger partial charge on any atom is -0.506 e. The van der Waals surface area contributed by atoms with Crippen LogP contribution in [0.15, 0.2) is 36.4 Å². The van der Waals surface area contributed by atoms with Crippen LogP contribution in [0, 0.1) is 5.92 Å². The summed E-state index contributed by atoms with van der Waals surface area (Å²) in [5, 5.41) is 9.60. The summed E-state index contributed by atoms with van der Waals surface area (Å²) in [6, 6.07) is 11.0. The zero-order chi connectivity index (χ0) is 20.8. The lowest BCUT2D eigenvalue weighted by Gasteiger charge is -2.29. The minimum atomic E-state index is -0.260. The van der Waals surface area contributed by atoms with Crippen molar-refractivity contribution in [2.45, 2.75) is 38.5 Å². The number of phenols is 1. The minimum absolute atomic E-state index is 0.0479. The van der Waals surface area contributed by atoms with E-state index in [-0.39, 0.29) is 23.6 Å². The number of ether oxygens (including phenoxy) is 3. The lowest BCUT2D eigenvalue weighted by Crippen LogP contribution is -2.30. The molecule has 6 nitrogen and oxygen atoms in total. The topological polar surface area (TPSA) is 91.0 Å². The van der Waals surface area contributed by atoms with E-state index in [0.717, 1.165) is 29.7 Å². The molecule has 0 saturated carbocycles. The molecule has 3 N–H and O–H groups in total. The molecule has 1 aliphatic rings. The van der Waals surface area contributed by atoms with Crippen molar-refractivity contribution in [2.75, 3.05) is 26.1 Å². The van der Waals surface area contributed by atoms with E-state index in [1.807, 2.05) is 18.2 Å². The van der Waals surface area contributed by atoms with E-state index in [0.29, 0.717) is 37.5 Å². The summed E-state index contributed by atoms with van der Waals surface area (Å²) < 4.78 is 16.8. The molecule has 1 unspecified atom stereocenters. The van der Waals surface area contributed by atoms with Crippen LogP contribution in [0.2, 0.25) is 0 Å². The Morgan fingerprint density at radius 1 is 1.21 bits per heavy atom. The molecule has 0 aromatic heterocycles. The number of rotatable bonds is 8. The molecule has 1 fully saturated rings. The lowest BCUT2D eigenvalue weighted by atomic mass is 9.84. The Kier molecular flexibility index (Phi) is 6.86. The van der Waals surface area contributed by atoms with Gasteiger partial charge in [-0.05, 0) is 54.7 Å². The van der Waals surface area contributed by atoms with Crippen LogP contribution in [0.4, 0.5) is 5.69 Å². The Hall–Kier alpha value is -2.89. The zero-order valence-corrected chi connectivity index (χ0v) is 17.0. The van der Waals surface area contributed by atoms with Gasteiger partial charge in [0.25, 0.3) is 0 Å². The molecule has 6 heteroatoms. The second-order valence-corrected chi connectivity index (χ2v) is 7.47.